The van der Waals surface area contributed by atoms with E-state index in [4.69, 9.17) is 16.4 Å². The second-order valence-electron chi connectivity index (χ2n) is 2.12. The average Bonchev–Trinajstić information content (AvgIpc) is 1.92. The summed E-state index contributed by atoms with van der Waals surface area (Å²) in [6.45, 7) is 0. The van der Waals surface area contributed by atoms with Crippen LogP contribution in [0.25, 0.3) is 0 Å². The summed E-state index contributed by atoms with van der Waals surface area (Å²) in [5.74, 6) is 0. The van der Waals surface area contributed by atoms with E-state index < -0.39 is 12.9 Å². The van der Waals surface area contributed by atoms with Crippen LogP contribution in [0.4, 0.5) is 0 Å². The van der Waals surface area contributed by atoms with Crippen molar-refractivity contribution in [1.82, 2.24) is 0 Å². The molecule has 1 rings (SSSR count). The molecule has 0 unspecified atom stereocenters. The van der Waals surface area contributed by atoms with Gasteiger partial charge in [0.25, 0.3) is 0 Å². The fourth-order valence-corrected chi connectivity index (χ4v) is 2.62. The normalized spacial score (nSPS) is 11.6. The Hall–Kier alpha value is 0.0695. The molecule has 0 heterocycles. The molecule has 0 spiro atoms. The molecule has 0 bridgehead atoms. The summed E-state index contributed by atoms with van der Waals surface area (Å²) in [5.41, 5.74) is 0. The molecule has 66 valence electrons. The van der Waals surface area contributed by atoms with Crippen LogP contribution in [0.2, 0.25) is 5.02 Å². The molecule has 1 aromatic rings. The first-order chi connectivity index (χ1) is 5.41. The van der Waals surface area contributed by atoms with E-state index in [-0.39, 0.29) is 4.46 Å². The van der Waals surface area contributed by atoms with E-state index >= 15 is 0 Å². The number of halogens is 2. The van der Waals surface area contributed by atoms with Gasteiger partial charge in [0.2, 0.25) is 0 Å². The third kappa shape index (κ3) is 2.28. The van der Waals surface area contributed by atoms with Gasteiger partial charge >= 0.3 is 85.0 Å². The Labute approximate surface area is 84.9 Å². The van der Waals surface area contributed by atoms with E-state index in [0.717, 1.165) is 0 Å². The topological polar surface area (TPSA) is 60.2 Å². The van der Waals surface area contributed by atoms with Crippen LogP contribution in [0.1, 0.15) is 0 Å². The van der Waals surface area contributed by atoms with E-state index in [1.807, 2.05) is 0 Å². The van der Waals surface area contributed by atoms with Crippen LogP contribution in [-0.2, 0) is 7.67 Å². The molecule has 3 nitrogen and oxygen atoms in total. The van der Waals surface area contributed by atoms with Gasteiger partial charge in [0, 0.05) is 0 Å². The molecular formula is C6H5BrClNO2Se. The quantitative estimate of drug-likeness (QED) is 0.788. The second-order valence-corrected chi connectivity index (χ2v) is 6.66. The minimum absolute atomic E-state index is 0.113. The monoisotopic (exact) mass is 317 g/mol. The van der Waals surface area contributed by atoms with Crippen molar-refractivity contribution < 1.29 is 7.67 Å². The summed E-state index contributed by atoms with van der Waals surface area (Å²) < 4.78 is 27.4. The average molecular weight is 317 g/mol. The Morgan fingerprint density at radius 1 is 1.42 bits per heavy atom. The van der Waals surface area contributed by atoms with E-state index in [0.29, 0.717) is 9.50 Å². The van der Waals surface area contributed by atoms with Crippen molar-refractivity contribution in [3.05, 3.63) is 27.7 Å². The first-order valence-corrected chi connectivity index (χ1v) is 7.30. The molecule has 0 amide bonds. The van der Waals surface area contributed by atoms with Crippen LogP contribution in [0.3, 0.4) is 0 Å². The van der Waals surface area contributed by atoms with Crippen molar-refractivity contribution in [1.29, 1.82) is 0 Å². The summed E-state index contributed by atoms with van der Waals surface area (Å²) in [5, 5.41) is 0.458. The van der Waals surface area contributed by atoms with Gasteiger partial charge in [-0.15, -0.1) is 0 Å². The minimum atomic E-state index is -4.35. The van der Waals surface area contributed by atoms with Crippen molar-refractivity contribution in [2.45, 2.75) is 0 Å². The summed E-state index contributed by atoms with van der Waals surface area (Å²) in [4.78, 5) is 0. The SMILES string of the molecule is N[Se](=O)(=O)c1ccc(Cl)c(Br)c1. The molecule has 2 N–H and O–H groups in total. The molecule has 0 saturated carbocycles. The Bertz CT molecular complexity index is 404. The molecule has 0 radical (unpaired) electrons. The summed E-state index contributed by atoms with van der Waals surface area (Å²) >= 11 is 4.41. The molecule has 0 atom stereocenters. The van der Waals surface area contributed by atoms with Crippen molar-refractivity contribution in [2.24, 2.45) is 4.75 Å². The van der Waals surface area contributed by atoms with Gasteiger partial charge in [0.1, 0.15) is 0 Å². The molecule has 0 fully saturated rings. The van der Waals surface area contributed by atoms with Crippen molar-refractivity contribution in [3.8, 4) is 0 Å². The molecule has 0 aliphatic rings. The molecule has 0 saturated heterocycles. The Morgan fingerprint density at radius 2 is 2.00 bits per heavy atom. The van der Waals surface area contributed by atoms with Crippen LogP contribution < -0.4 is 9.21 Å². The van der Waals surface area contributed by atoms with Crippen LogP contribution in [0.5, 0.6) is 0 Å². The maximum absolute atomic E-state index is 10.9. The fourth-order valence-electron chi connectivity index (χ4n) is 0.654. The van der Waals surface area contributed by atoms with Gasteiger partial charge in [0.05, 0.1) is 0 Å². The molecule has 1 aromatic carbocycles. The predicted molar refractivity (Wildman–Crippen MR) is 50.1 cm³/mol. The first kappa shape index (κ1) is 10.2. The van der Waals surface area contributed by atoms with Crippen LogP contribution >= 0.6 is 27.5 Å². The van der Waals surface area contributed by atoms with E-state index in [1.165, 1.54) is 18.2 Å². The Kier molecular flexibility index (Phi) is 2.91. The van der Waals surface area contributed by atoms with Gasteiger partial charge in [0.15, 0.2) is 0 Å². The Morgan fingerprint density at radius 3 is 2.42 bits per heavy atom. The third-order valence-electron chi connectivity index (χ3n) is 1.22. The zero-order chi connectivity index (χ0) is 9.35. The predicted octanol–water partition coefficient (Wildman–Crippen LogP) is 1.07. The molecule has 6 heteroatoms. The Balaban J connectivity index is 3.33. The number of hydrogen-bond donors (Lipinski definition) is 1. The van der Waals surface area contributed by atoms with Crippen molar-refractivity contribution in [3.63, 3.8) is 0 Å². The molecule has 0 aliphatic heterocycles. The van der Waals surface area contributed by atoms with E-state index in [2.05, 4.69) is 15.9 Å². The molecular weight excluding hydrogens is 312 g/mol. The van der Waals surface area contributed by atoms with Gasteiger partial charge in [-0.05, 0) is 0 Å². The summed E-state index contributed by atoms with van der Waals surface area (Å²) in [7, 11) is 0. The zero-order valence-electron chi connectivity index (χ0n) is 5.79. The summed E-state index contributed by atoms with van der Waals surface area (Å²) in [6, 6.07) is 4.26. The second kappa shape index (κ2) is 3.44. The first-order valence-electron chi connectivity index (χ1n) is 2.89. The van der Waals surface area contributed by atoms with Gasteiger partial charge in [-0.3, -0.25) is 0 Å². The summed E-state index contributed by atoms with van der Waals surface area (Å²) in [6.07, 6.45) is 0. The van der Waals surface area contributed by atoms with Crippen molar-refractivity contribution in [2.75, 3.05) is 0 Å². The van der Waals surface area contributed by atoms with E-state index in [9.17, 15) is 7.67 Å². The molecule has 12 heavy (non-hydrogen) atoms. The van der Waals surface area contributed by atoms with Crippen molar-refractivity contribution >= 4 is 44.9 Å². The van der Waals surface area contributed by atoms with Crippen LogP contribution in [0, 0.1) is 0 Å². The number of nitrogens with two attached hydrogens (primary N) is 1. The molecule has 0 aromatic heterocycles. The van der Waals surface area contributed by atoms with Gasteiger partial charge in [-0.25, -0.2) is 0 Å². The van der Waals surface area contributed by atoms with E-state index in [1.54, 1.807) is 0 Å². The van der Waals surface area contributed by atoms with Gasteiger partial charge < -0.3 is 0 Å². The fraction of sp³-hybridized carbons (Fsp3) is 0. The molecule has 0 aliphatic carbocycles. The van der Waals surface area contributed by atoms with Crippen LogP contribution in [-0.4, -0.2) is 12.9 Å². The van der Waals surface area contributed by atoms with Gasteiger partial charge in [-0.1, -0.05) is 0 Å². The number of hydrogen-bond acceptors (Lipinski definition) is 2. The number of rotatable bonds is 1. The van der Waals surface area contributed by atoms with Crippen LogP contribution in [0.15, 0.2) is 22.7 Å². The number of benzene rings is 1. The maximum atomic E-state index is 10.9. The van der Waals surface area contributed by atoms with Gasteiger partial charge in [-0.2, -0.15) is 0 Å². The third-order valence-corrected chi connectivity index (χ3v) is 4.34. The zero-order valence-corrected chi connectivity index (χ0v) is 9.85. The standard InChI is InChI=1S/C6H5BrClNO2Se/c7-5-3-4(12(9,10)11)1-2-6(5)8/h1-3H,(H2,9,10,11).